The number of aldehydes is 1. The van der Waals surface area contributed by atoms with Crippen LogP contribution in [0, 0.1) is 0 Å². The molecule has 5 rings (SSSR count). The Hall–Kier alpha value is -1.53. The molecule has 0 saturated heterocycles. The maximum absolute atomic E-state index is 11.8. The van der Waals surface area contributed by atoms with E-state index in [0.29, 0.717) is 0 Å². The maximum Gasteiger partial charge on any atom is 0.152 e. The van der Waals surface area contributed by atoms with E-state index >= 15 is 0 Å². The van der Waals surface area contributed by atoms with Gasteiger partial charge in [0.25, 0.3) is 0 Å². The van der Waals surface area contributed by atoms with Crippen LogP contribution >= 0.6 is 45.3 Å². The van der Waals surface area contributed by atoms with Gasteiger partial charge in [-0.15, -0.1) is 45.3 Å². The molecule has 0 fully saturated rings. The van der Waals surface area contributed by atoms with Crippen LogP contribution in [0.15, 0.2) is 35.7 Å². The fourth-order valence-corrected chi connectivity index (χ4v) is 8.21. The Balaban J connectivity index is 1.50. The van der Waals surface area contributed by atoms with E-state index in [2.05, 4.69) is 42.6 Å². The van der Waals surface area contributed by atoms with Crippen molar-refractivity contribution >= 4 is 81.2 Å². The molecule has 1 aromatic carbocycles. The minimum Gasteiger partial charge on any atom is -0.298 e. The lowest BCUT2D eigenvalue weighted by Gasteiger charge is -1.96. The summed E-state index contributed by atoms with van der Waals surface area (Å²) in [5.41, 5.74) is 0.918. The van der Waals surface area contributed by atoms with Gasteiger partial charge in [0.1, 0.15) is 0 Å². The highest BCUT2D eigenvalue weighted by atomic mass is 32.1. The van der Waals surface area contributed by atoms with E-state index < -0.39 is 0 Å². The van der Waals surface area contributed by atoms with E-state index in [1.165, 1.54) is 57.0 Å². The number of hydrogen-bond donors (Lipinski definition) is 0. The summed E-state index contributed by atoms with van der Waals surface area (Å²) < 4.78 is 5.16. The Kier molecular flexibility index (Phi) is 4.64. The molecule has 0 radical (unpaired) electrons. The Labute approximate surface area is 173 Å². The zero-order chi connectivity index (χ0) is 18.4. The van der Waals surface area contributed by atoms with Crippen LogP contribution in [0.25, 0.3) is 29.6 Å². The Bertz CT molecular complexity index is 1220. The van der Waals surface area contributed by atoms with Crippen molar-refractivity contribution in [2.45, 2.75) is 32.6 Å². The number of thiophene rings is 4. The highest BCUT2D eigenvalue weighted by molar-refractivity contribution is 7.28. The van der Waals surface area contributed by atoms with Crippen LogP contribution in [0.2, 0.25) is 0 Å². The molecular formula is C22H18OS4. The fourth-order valence-electron chi connectivity index (χ4n) is 3.52. The van der Waals surface area contributed by atoms with Gasteiger partial charge in [0.15, 0.2) is 6.29 Å². The SMILES string of the molecule is CCCCc1cc2sc(Cc3cc4cc5sccc5cc4s3)c(C=O)c2s1. The lowest BCUT2D eigenvalue weighted by atomic mass is 10.1. The molecule has 0 aliphatic heterocycles. The third kappa shape index (κ3) is 3.17. The number of aryl methyl sites for hydroxylation is 1. The molecule has 0 atom stereocenters. The highest BCUT2D eigenvalue weighted by Gasteiger charge is 2.16. The van der Waals surface area contributed by atoms with Crippen LogP contribution in [0.3, 0.4) is 0 Å². The second-order valence-electron chi connectivity index (χ2n) is 6.80. The van der Waals surface area contributed by atoms with Crippen molar-refractivity contribution in [3.05, 3.63) is 55.9 Å². The van der Waals surface area contributed by atoms with Crippen molar-refractivity contribution in [1.29, 1.82) is 0 Å². The number of fused-ring (bicyclic) bond motifs is 3. The fraction of sp³-hybridized carbons (Fsp3) is 0.227. The molecule has 0 unspecified atom stereocenters. The minimum atomic E-state index is 0.859. The van der Waals surface area contributed by atoms with Gasteiger partial charge >= 0.3 is 0 Å². The number of unbranched alkanes of at least 4 members (excludes halogenated alkanes) is 1. The average molecular weight is 427 g/mol. The topological polar surface area (TPSA) is 17.1 Å². The third-order valence-corrected chi connectivity index (χ3v) is 9.39. The molecule has 0 aliphatic rings. The van der Waals surface area contributed by atoms with E-state index in [4.69, 9.17) is 0 Å². The normalized spacial score (nSPS) is 11.9. The van der Waals surface area contributed by atoms with E-state index in [-0.39, 0.29) is 0 Å². The van der Waals surface area contributed by atoms with Crippen LogP contribution in [0.1, 0.15) is 44.8 Å². The van der Waals surface area contributed by atoms with Crippen molar-refractivity contribution in [3.63, 3.8) is 0 Å². The van der Waals surface area contributed by atoms with E-state index in [9.17, 15) is 4.79 Å². The van der Waals surface area contributed by atoms with Crippen LogP contribution in [0.5, 0.6) is 0 Å². The van der Waals surface area contributed by atoms with Crippen molar-refractivity contribution in [3.8, 4) is 0 Å². The molecule has 27 heavy (non-hydrogen) atoms. The lowest BCUT2D eigenvalue weighted by Crippen LogP contribution is -1.86. The van der Waals surface area contributed by atoms with Crippen molar-refractivity contribution in [2.24, 2.45) is 0 Å². The summed E-state index contributed by atoms with van der Waals surface area (Å²) in [5, 5.41) is 4.79. The van der Waals surface area contributed by atoms with Gasteiger partial charge < -0.3 is 0 Å². The Morgan fingerprint density at radius 2 is 1.81 bits per heavy atom. The predicted octanol–water partition coefficient (Wildman–Crippen LogP) is 8.14. The molecule has 136 valence electrons. The largest absolute Gasteiger partial charge is 0.298 e. The number of rotatable bonds is 6. The summed E-state index contributed by atoms with van der Waals surface area (Å²) in [4.78, 5) is 15.8. The molecule has 1 nitrogen and oxygen atoms in total. The predicted molar refractivity (Wildman–Crippen MR) is 124 cm³/mol. The lowest BCUT2D eigenvalue weighted by molar-refractivity contribution is 0.112. The van der Waals surface area contributed by atoms with Crippen LogP contribution in [0.4, 0.5) is 0 Å². The van der Waals surface area contributed by atoms with Crippen LogP contribution in [-0.2, 0) is 12.8 Å². The van der Waals surface area contributed by atoms with Crippen molar-refractivity contribution < 1.29 is 4.79 Å². The molecule has 4 aromatic heterocycles. The summed E-state index contributed by atoms with van der Waals surface area (Å²) in [6, 6.07) is 11.4. The second-order valence-corrected chi connectivity index (χ2v) is 11.2. The molecule has 4 heterocycles. The first kappa shape index (κ1) is 17.6. The quantitative estimate of drug-likeness (QED) is 0.250. The standard InChI is InChI=1S/C22H18OS4/c1-2-3-4-15-10-21-22(26-15)17(12-23)20(27-21)11-16-7-14-9-18-13(5-6-24-18)8-19(14)25-16/h5-10,12H,2-4,11H2,1H3. The summed E-state index contributed by atoms with van der Waals surface area (Å²) in [5.74, 6) is 0. The maximum atomic E-state index is 11.8. The molecular weight excluding hydrogens is 409 g/mol. The second kappa shape index (κ2) is 7.13. The van der Waals surface area contributed by atoms with Gasteiger partial charge in [-0.1, -0.05) is 13.3 Å². The number of carbonyl (C=O) groups excluding carboxylic acids is 1. The van der Waals surface area contributed by atoms with Crippen molar-refractivity contribution in [1.82, 2.24) is 0 Å². The zero-order valence-electron chi connectivity index (χ0n) is 14.9. The molecule has 5 heteroatoms. The number of benzene rings is 1. The number of carbonyl (C=O) groups is 1. The monoisotopic (exact) mass is 426 g/mol. The van der Waals surface area contributed by atoms with Gasteiger partial charge in [0, 0.05) is 40.7 Å². The van der Waals surface area contributed by atoms with Gasteiger partial charge in [-0.25, -0.2) is 0 Å². The van der Waals surface area contributed by atoms with Crippen molar-refractivity contribution in [2.75, 3.05) is 0 Å². The summed E-state index contributed by atoms with van der Waals surface area (Å²) in [6.45, 7) is 2.22. The van der Waals surface area contributed by atoms with Gasteiger partial charge in [-0.3, -0.25) is 4.79 Å². The Morgan fingerprint density at radius 1 is 0.926 bits per heavy atom. The summed E-state index contributed by atoms with van der Waals surface area (Å²) in [6.07, 6.45) is 5.48. The van der Waals surface area contributed by atoms with E-state index in [1.807, 2.05) is 22.7 Å². The molecule has 5 aromatic rings. The van der Waals surface area contributed by atoms with Gasteiger partial charge in [0.05, 0.1) is 4.70 Å². The first-order valence-electron chi connectivity index (χ1n) is 9.14. The molecule has 0 amide bonds. The molecule has 0 aliphatic carbocycles. The van der Waals surface area contributed by atoms with Crippen LogP contribution < -0.4 is 0 Å². The summed E-state index contributed by atoms with van der Waals surface area (Å²) in [7, 11) is 0. The van der Waals surface area contributed by atoms with Crippen LogP contribution in [-0.4, -0.2) is 6.29 Å². The number of hydrogen-bond acceptors (Lipinski definition) is 5. The molecule has 0 spiro atoms. The Morgan fingerprint density at radius 3 is 2.67 bits per heavy atom. The smallest absolute Gasteiger partial charge is 0.152 e. The average Bonchev–Trinajstić information content (AvgIpc) is 3.40. The third-order valence-electron chi connectivity index (χ3n) is 4.90. The van der Waals surface area contributed by atoms with E-state index in [1.54, 1.807) is 22.7 Å². The van der Waals surface area contributed by atoms with E-state index in [0.717, 1.165) is 24.7 Å². The van der Waals surface area contributed by atoms with Gasteiger partial charge in [0.2, 0.25) is 0 Å². The first-order chi connectivity index (χ1) is 13.2. The molecule has 0 saturated carbocycles. The zero-order valence-corrected chi connectivity index (χ0v) is 18.2. The molecule has 0 N–H and O–H groups in total. The summed E-state index contributed by atoms with van der Waals surface area (Å²) >= 11 is 7.26. The molecule has 0 bridgehead atoms. The van der Waals surface area contributed by atoms with Gasteiger partial charge in [-0.05, 0) is 59.3 Å². The van der Waals surface area contributed by atoms with Gasteiger partial charge in [-0.2, -0.15) is 0 Å². The minimum absolute atomic E-state index is 0.859. The highest BCUT2D eigenvalue weighted by Crippen LogP contribution is 2.40. The first-order valence-corrected chi connectivity index (χ1v) is 12.5.